The second kappa shape index (κ2) is 7.60. The molecule has 0 saturated heterocycles. The Kier molecular flexibility index (Phi) is 4.95. The van der Waals surface area contributed by atoms with Gasteiger partial charge in [-0.05, 0) is 70.2 Å². The number of nitrogens with zero attached hydrogens (tertiary/aromatic N) is 4. The van der Waals surface area contributed by atoms with Gasteiger partial charge in [0, 0.05) is 30.9 Å². The second-order valence-electron chi connectivity index (χ2n) is 9.71. The molecule has 0 unspecified atom stereocenters. The first-order valence-electron chi connectivity index (χ1n) is 11.3. The van der Waals surface area contributed by atoms with Gasteiger partial charge in [0.1, 0.15) is 17.2 Å². The highest BCUT2D eigenvalue weighted by molar-refractivity contribution is 5.70. The van der Waals surface area contributed by atoms with Crippen LogP contribution in [0.4, 0.5) is 9.18 Å². The van der Waals surface area contributed by atoms with Crippen LogP contribution in [0.1, 0.15) is 62.5 Å². The molecule has 1 atom stereocenters. The van der Waals surface area contributed by atoms with Crippen molar-refractivity contribution >= 4 is 6.09 Å². The number of hydrogen-bond donors (Lipinski definition) is 1. The molecule has 33 heavy (non-hydrogen) atoms. The molecule has 1 aromatic carbocycles. The zero-order valence-corrected chi connectivity index (χ0v) is 19.3. The maximum absolute atomic E-state index is 14.4. The van der Waals surface area contributed by atoms with Crippen LogP contribution < -0.4 is 5.69 Å². The maximum Gasteiger partial charge on any atom is 0.410 e. The van der Waals surface area contributed by atoms with Gasteiger partial charge in [-0.1, -0.05) is 0 Å². The number of amides is 1. The fourth-order valence-electron chi connectivity index (χ4n) is 4.95. The number of carbonyl (C=O) groups excluding carboxylic acids is 1. The van der Waals surface area contributed by atoms with Gasteiger partial charge in [0.15, 0.2) is 0 Å². The zero-order valence-electron chi connectivity index (χ0n) is 19.3. The Morgan fingerprint density at radius 2 is 1.97 bits per heavy atom. The van der Waals surface area contributed by atoms with Crippen molar-refractivity contribution in [3.05, 3.63) is 63.2 Å². The molecule has 1 N–H and O–H groups in total. The number of benzene rings is 1. The third-order valence-corrected chi connectivity index (χ3v) is 6.38. The van der Waals surface area contributed by atoms with Crippen LogP contribution in [-0.2, 0) is 24.0 Å². The SMILES string of the molecule is C[C@H]1c2c(nn(-c3ccc(F)c4c3CCC4)c2-n2cc[nH]c2=O)CCN1C(=O)OC(C)(C)C. The Hall–Kier alpha value is -3.36. The minimum Gasteiger partial charge on any atom is -0.444 e. The number of ether oxygens (including phenoxy) is 1. The number of aromatic amines is 1. The highest BCUT2D eigenvalue weighted by atomic mass is 19.1. The highest BCUT2D eigenvalue weighted by Gasteiger charge is 2.37. The molecule has 2 aromatic heterocycles. The summed E-state index contributed by atoms with van der Waals surface area (Å²) >= 11 is 0. The van der Waals surface area contributed by atoms with E-state index < -0.39 is 11.7 Å². The molecule has 3 heterocycles. The summed E-state index contributed by atoms with van der Waals surface area (Å²) in [5.41, 5.74) is 3.12. The van der Waals surface area contributed by atoms with E-state index in [1.807, 2.05) is 27.7 Å². The van der Waals surface area contributed by atoms with Gasteiger partial charge in [-0.25, -0.2) is 18.7 Å². The molecule has 2 aliphatic rings. The number of aromatic nitrogens is 4. The number of hydrogen-bond acceptors (Lipinski definition) is 4. The molecule has 8 nitrogen and oxygen atoms in total. The fraction of sp³-hybridized carbons (Fsp3) is 0.458. The van der Waals surface area contributed by atoms with Crippen molar-refractivity contribution in [3.63, 3.8) is 0 Å². The lowest BCUT2D eigenvalue weighted by atomic mass is 9.99. The van der Waals surface area contributed by atoms with Gasteiger partial charge in [-0.2, -0.15) is 5.10 Å². The van der Waals surface area contributed by atoms with Crippen molar-refractivity contribution in [1.29, 1.82) is 0 Å². The van der Waals surface area contributed by atoms with Crippen LogP contribution in [0.25, 0.3) is 11.5 Å². The molecule has 1 aliphatic heterocycles. The largest absolute Gasteiger partial charge is 0.444 e. The first-order valence-corrected chi connectivity index (χ1v) is 11.3. The first-order chi connectivity index (χ1) is 15.7. The quantitative estimate of drug-likeness (QED) is 0.639. The van der Waals surface area contributed by atoms with Crippen LogP contribution in [0.15, 0.2) is 29.3 Å². The topological polar surface area (TPSA) is 85.2 Å². The lowest BCUT2D eigenvalue weighted by Gasteiger charge is -2.34. The summed E-state index contributed by atoms with van der Waals surface area (Å²) < 4.78 is 23.3. The van der Waals surface area contributed by atoms with Crippen molar-refractivity contribution in [2.45, 2.75) is 65.0 Å². The van der Waals surface area contributed by atoms with Gasteiger partial charge in [0.25, 0.3) is 0 Å². The minimum atomic E-state index is -0.615. The summed E-state index contributed by atoms with van der Waals surface area (Å²) in [7, 11) is 0. The molecule has 0 fully saturated rings. The van der Waals surface area contributed by atoms with E-state index in [0.29, 0.717) is 25.2 Å². The molecule has 0 radical (unpaired) electrons. The maximum atomic E-state index is 14.4. The number of imidazole rings is 1. The van der Waals surface area contributed by atoms with Gasteiger partial charge in [-0.15, -0.1) is 0 Å². The van der Waals surface area contributed by atoms with Crippen molar-refractivity contribution in [2.75, 3.05) is 6.54 Å². The van der Waals surface area contributed by atoms with Gasteiger partial charge in [-0.3, -0.25) is 4.57 Å². The normalized spacial score (nSPS) is 17.7. The summed E-state index contributed by atoms with van der Waals surface area (Å²) in [5, 5.41) is 4.89. The average molecular weight is 454 g/mol. The van der Waals surface area contributed by atoms with E-state index in [1.165, 1.54) is 10.6 Å². The summed E-state index contributed by atoms with van der Waals surface area (Å²) in [6.07, 6.45) is 5.68. The molecule has 1 amide bonds. The Balaban J connectivity index is 1.69. The number of H-pyrrole nitrogens is 1. The van der Waals surface area contributed by atoms with E-state index in [0.717, 1.165) is 40.9 Å². The first kappa shape index (κ1) is 21.5. The second-order valence-corrected chi connectivity index (χ2v) is 9.71. The summed E-state index contributed by atoms with van der Waals surface area (Å²) in [5.74, 6) is 0.366. The van der Waals surface area contributed by atoms with Gasteiger partial charge in [0.05, 0.1) is 17.4 Å². The lowest BCUT2D eigenvalue weighted by Crippen LogP contribution is -2.42. The zero-order chi connectivity index (χ0) is 23.5. The Labute approximate surface area is 191 Å². The van der Waals surface area contributed by atoms with Gasteiger partial charge in [0.2, 0.25) is 0 Å². The lowest BCUT2D eigenvalue weighted by molar-refractivity contribution is 0.0159. The number of fused-ring (bicyclic) bond motifs is 2. The van der Waals surface area contributed by atoms with E-state index in [1.54, 1.807) is 28.0 Å². The molecule has 1 aliphatic carbocycles. The van der Waals surface area contributed by atoms with E-state index in [9.17, 15) is 14.0 Å². The standard InChI is InChI=1S/C24H28FN5O3/c1-14-20-18(10-12-28(14)23(32)33-24(2,3)4)27-30(21(20)29-13-11-26-22(29)31)19-9-8-17(25)15-6-5-7-16(15)19/h8-9,11,13-14H,5-7,10,12H2,1-4H3,(H,26,31)/t14-/m0/s1. The Bertz CT molecular complexity index is 1300. The smallest absolute Gasteiger partial charge is 0.410 e. The van der Waals surface area contributed by atoms with Crippen molar-refractivity contribution in [1.82, 2.24) is 24.2 Å². The third kappa shape index (κ3) is 3.55. The third-order valence-electron chi connectivity index (χ3n) is 6.38. The summed E-state index contributed by atoms with van der Waals surface area (Å²) in [6.45, 7) is 7.89. The number of nitrogens with one attached hydrogen (secondary N) is 1. The Morgan fingerprint density at radius 3 is 2.67 bits per heavy atom. The minimum absolute atomic E-state index is 0.201. The molecule has 174 valence electrons. The summed E-state index contributed by atoms with van der Waals surface area (Å²) in [4.78, 5) is 30.0. The van der Waals surface area contributed by atoms with Crippen LogP contribution in [0, 0.1) is 5.82 Å². The van der Waals surface area contributed by atoms with Gasteiger partial charge >= 0.3 is 11.8 Å². The van der Waals surface area contributed by atoms with Crippen molar-refractivity contribution in [2.24, 2.45) is 0 Å². The molecule has 0 spiro atoms. The predicted octanol–water partition coefficient (Wildman–Crippen LogP) is 3.83. The van der Waals surface area contributed by atoms with Crippen LogP contribution in [0.5, 0.6) is 0 Å². The van der Waals surface area contributed by atoms with Crippen LogP contribution in [-0.4, -0.2) is 42.5 Å². The molecule has 5 rings (SSSR count). The number of halogens is 1. The monoisotopic (exact) mass is 453 g/mol. The van der Waals surface area contributed by atoms with E-state index in [4.69, 9.17) is 9.84 Å². The molecule has 0 bridgehead atoms. The van der Waals surface area contributed by atoms with Crippen molar-refractivity contribution < 1.29 is 13.9 Å². The average Bonchev–Trinajstić information content (AvgIpc) is 3.45. The van der Waals surface area contributed by atoms with Crippen LogP contribution in [0.2, 0.25) is 0 Å². The molecular weight excluding hydrogens is 425 g/mol. The number of carbonyl (C=O) groups is 1. The van der Waals surface area contributed by atoms with Crippen LogP contribution in [0.3, 0.4) is 0 Å². The van der Waals surface area contributed by atoms with Crippen molar-refractivity contribution in [3.8, 4) is 11.5 Å². The summed E-state index contributed by atoms with van der Waals surface area (Å²) in [6, 6.07) is 2.85. The molecule has 3 aromatic rings. The molecule has 9 heteroatoms. The molecule has 0 saturated carbocycles. The highest BCUT2D eigenvalue weighted by Crippen LogP contribution is 2.38. The fourth-order valence-corrected chi connectivity index (χ4v) is 4.95. The van der Waals surface area contributed by atoms with E-state index in [2.05, 4.69) is 4.98 Å². The van der Waals surface area contributed by atoms with E-state index in [-0.39, 0.29) is 17.5 Å². The van der Waals surface area contributed by atoms with Crippen LogP contribution >= 0.6 is 0 Å². The predicted molar refractivity (Wildman–Crippen MR) is 121 cm³/mol. The molecular formula is C24H28FN5O3. The number of rotatable bonds is 2. The van der Waals surface area contributed by atoms with E-state index >= 15 is 0 Å². The Morgan fingerprint density at radius 1 is 1.21 bits per heavy atom. The van der Waals surface area contributed by atoms with Gasteiger partial charge < -0.3 is 14.6 Å².